The number of nitrogen functional groups attached to an aromatic ring is 1. The van der Waals surface area contributed by atoms with E-state index in [1.54, 1.807) is 12.1 Å². The average molecular weight is 320 g/mol. The molecule has 0 spiro atoms. The van der Waals surface area contributed by atoms with Crippen molar-refractivity contribution in [2.24, 2.45) is 11.5 Å². The molecule has 0 fully saturated rings. The van der Waals surface area contributed by atoms with Gasteiger partial charge in [0.15, 0.2) is 0 Å². The van der Waals surface area contributed by atoms with Crippen molar-refractivity contribution in [2.45, 2.75) is 18.9 Å². The van der Waals surface area contributed by atoms with E-state index in [4.69, 9.17) is 27.4 Å². The van der Waals surface area contributed by atoms with Crippen LogP contribution in [0.4, 0.5) is 11.4 Å². The first-order valence-corrected chi connectivity index (χ1v) is 7.64. The van der Waals surface area contributed by atoms with Crippen LogP contribution in [0.1, 0.15) is 13.3 Å². The summed E-state index contributed by atoms with van der Waals surface area (Å²) in [5.41, 5.74) is 19.1. The molecule has 2 rings (SSSR count). The Balaban J connectivity index is 0.000000253. The second kappa shape index (κ2) is 9.19. The number of allylic oxidation sites excluding steroid dienone is 1. The summed E-state index contributed by atoms with van der Waals surface area (Å²) in [7, 11) is 0. The molecule has 0 aliphatic heterocycles. The summed E-state index contributed by atoms with van der Waals surface area (Å²) < 4.78 is 0. The predicted octanol–water partition coefficient (Wildman–Crippen LogP) is 0.566. The summed E-state index contributed by atoms with van der Waals surface area (Å²) in [4.78, 5) is 1.90. The third-order valence-electron chi connectivity index (χ3n) is 3.43. The maximum absolute atomic E-state index is 8.83. The van der Waals surface area contributed by atoms with E-state index in [0.29, 0.717) is 18.8 Å². The van der Waals surface area contributed by atoms with Gasteiger partial charge in [0.1, 0.15) is 0 Å². The fourth-order valence-corrected chi connectivity index (χ4v) is 2.06. The number of hydrogen-bond acceptors (Lipinski definition) is 6. The number of anilines is 2. The van der Waals surface area contributed by atoms with Gasteiger partial charge in [-0.15, -0.1) is 0 Å². The molecule has 0 saturated heterocycles. The fraction of sp³-hybridized carbons (Fsp3) is 0.412. The highest BCUT2D eigenvalue weighted by Crippen LogP contribution is 2.15. The Bertz CT molecular complexity index is 518. The normalized spacial score (nSPS) is 19.6. The summed E-state index contributed by atoms with van der Waals surface area (Å²) in [5.74, 6) is 0. The molecule has 6 heteroatoms. The van der Waals surface area contributed by atoms with Crippen LogP contribution in [0.2, 0.25) is 0 Å². The van der Waals surface area contributed by atoms with Crippen molar-refractivity contribution in [3.05, 3.63) is 48.2 Å². The lowest BCUT2D eigenvalue weighted by Gasteiger charge is -2.22. The summed E-state index contributed by atoms with van der Waals surface area (Å²) in [5, 5.41) is 17.7. The quantitative estimate of drug-likeness (QED) is 0.506. The standard InChI is InChI=1S/C10H16N2O2.C7H12N2/c11-9-1-3-10(4-2-9)12(5-7-13)6-8-14;1-7(9)4-2-6(8)3-5-7/h1-4,13-14H,5-8,11H2;2-4H,5,8-9H2,1H3. The Labute approximate surface area is 137 Å². The maximum atomic E-state index is 8.83. The van der Waals surface area contributed by atoms with E-state index in [9.17, 15) is 0 Å². The van der Waals surface area contributed by atoms with Crippen molar-refractivity contribution in [1.82, 2.24) is 0 Å². The maximum Gasteiger partial charge on any atom is 0.0606 e. The van der Waals surface area contributed by atoms with Crippen molar-refractivity contribution in [1.29, 1.82) is 0 Å². The van der Waals surface area contributed by atoms with Gasteiger partial charge < -0.3 is 32.3 Å². The minimum Gasteiger partial charge on any atom is -0.399 e. The third kappa shape index (κ3) is 7.19. The molecule has 0 aromatic heterocycles. The lowest BCUT2D eigenvalue weighted by Crippen LogP contribution is -2.34. The molecule has 128 valence electrons. The van der Waals surface area contributed by atoms with E-state index in [1.165, 1.54) is 0 Å². The van der Waals surface area contributed by atoms with Gasteiger partial charge in [0, 0.05) is 35.7 Å². The molecular weight excluding hydrogens is 292 g/mol. The highest BCUT2D eigenvalue weighted by molar-refractivity contribution is 5.53. The first-order chi connectivity index (χ1) is 10.9. The molecule has 1 unspecified atom stereocenters. The van der Waals surface area contributed by atoms with E-state index < -0.39 is 0 Å². The molecule has 1 aliphatic carbocycles. The summed E-state index contributed by atoms with van der Waals surface area (Å²) >= 11 is 0. The average Bonchev–Trinajstić information content (AvgIpc) is 2.52. The van der Waals surface area contributed by atoms with E-state index in [-0.39, 0.29) is 18.8 Å². The number of rotatable bonds is 5. The Kier molecular flexibility index (Phi) is 7.61. The molecular formula is C17H28N4O2. The molecule has 0 amide bonds. The monoisotopic (exact) mass is 320 g/mol. The van der Waals surface area contributed by atoms with Crippen LogP contribution in [0.3, 0.4) is 0 Å². The van der Waals surface area contributed by atoms with Crippen molar-refractivity contribution < 1.29 is 10.2 Å². The smallest absolute Gasteiger partial charge is 0.0606 e. The van der Waals surface area contributed by atoms with Crippen LogP contribution < -0.4 is 22.1 Å². The van der Waals surface area contributed by atoms with Crippen molar-refractivity contribution in [3.63, 3.8) is 0 Å². The zero-order valence-electron chi connectivity index (χ0n) is 13.7. The second-order valence-electron chi connectivity index (χ2n) is 5.77. The van der Waals surface area contributed by atoms with E-state index in [1.807, 2.05) is 42.2 Å². The van der Waals surface area contributed by atoms with Crippen LogP contribution in [0.15, 0.2) is 48.2 Å². The molecule has 0 heterocycles. The van der Waals surface area contributed by atoms with Crippen LogP contribution in [0, 0.1) is 0 Å². The molecule has 0 saturated carbocycles. The van der Waals surface area contributed by atoms with E-state index in [0.717, 1.165) is 17.8 Å². The lowest BCUT2D eigenvalue weighted by molar-refractivity contribution is 0.281. The van der Waals surface area contributed by atoms with Gasteiger partial charge in [-0.1, -0.05) is 12.2 Å². The van der Waals surface area contributed by atoms with Crippen molar-refractivity contribution in [3.8, 4) is 0 Å². The third-order valence-corrected chi connectivity index (χ3v) is 3.43. The molecule has 1 atom stereocenters. The molecule has 1 aromatic carbocycles. The van der Waals surface area contributed by atoms with Gasteiger partial charge >= 0.3 is 0 Å². The first-order valence-electron chi connectivity index (χ1n) is 7.64. The number of aliphatic hydroxyl groups excluding tert-OH is 2. The van der Waals surface area contributed by atoms with Gasteiger partial charge in [-0.2, -0.15) is 0 Å². The van der Waals surface area contributed by atoms with Crippen molar-refractivity contribution in [2.75, 3.05) is 36.9 Å². The molecule has 1 aliphatic rings. The van der Waals surface area contributed by atoms with E-state index in [2.05, 4.69) is 0 Å². The number of aliphatic hydroxyl groups is 2. The van der Waals surface area contributed by atoms with Crippen LogP contribution in [-0.2, 0) is 0 Å². The lowest BCUT2D eigenvalue weighted by atomic mass is 9.94. The van der Waals surface area contributed by atoms with Gasteiger partial charge in [0.25, 0.3) is 0 Å². The summed E-state index contributed by atoms with van der Waals surface area (Å²) in [6.07, 6.45) is 6.57. The van der Waals surface area contributed by atoms with Crippen LogP contribution in [0.25, 0.3) is 0 Å². The summed E-state index contributed by atoms with van der Waals surface area (Å²) in [6.45, 7) is 3.16. The first kappa shape index (κ1) is 19.0. The van der Waals surface area contributed by atoms with Gasteiger partial charge in [0.05, 0.1) is 13.2 Å². The Morgan fingerprint density at radius 2 is 1.65 bits per heavy atom. The molecule has 0 bridgehead atoms. The molecule has 23 heavy (non-hydrogen) atoms. The van der Waals surface area contributed by atoms with Crippen molar-refractivity contribution >= 4 is 11.4 Å². The number of hydrogen-bond donors (Lipinski definition) is 5. The zero-order chi connectivity index (χ0) is 17.3. The minimum absolute atomic E-state index is 0.0738. The Morgan fingerprint density at radius 1 is 1.09 bits per heavy atom. The second-order valence-corrected chi connectivity index (χ2v) is 5.77. The molecule has 0 radical (unpaired) electrons. The number of nitrogens with two attached hydrogens (primary N) is 3. The SMILES string of the molecule is CC1(N)C=CC(N)=CC1.Nc1ccc(N(CCO)CCO)cc1. The highest BCUT2D eigenvalue weighted by Gasteiger charge is 2.14. The molecule has 8 N–H and O–H groups in total. The van der Waals surface area contributed by atoms with Crippen LogP contribution in [-0.4, -0.2) is 42.1 Å². The van der Waals surface area contributed by atoms with Gasteiger partial charge in [-0.05, 0) is 43.7 Å². The minimum atomic E-state index is -0.178. The highest BCUT2D eigenvalue weighted by atomic mass is 16.3. The predicted molar refractivity (Wildman–Crippen MR) is 95.9 cm³/mol. The van der Waals surface area contributed by atoms with Crippen LogP contribution in [0.5, 0.6) is 0 Å². The number of nitrogens with zero attached hydrogens (tertiary/aromatic N) is 1. The van der Waals surface area contributed by atoms with Gasteiger partial charge in [-0.25, -0.2) is 0 Å². The molecule has 6 nitrogen and oxygen atoms in total. The molecule has 1 aromatic rings. The topological polar surface area (TPSA) is 122 Å². The summed E-state index contributed by atoms with van der Waals surface area (Å²) in [6, 6.07) is 7.36. The largest absolute Gasteiger partial charge is 0.399 e. The Hall–Kier alpha value is -2.02. The van der Waals surface area contributed by atoms with Gasteiger partial charge in [0.2, 0.25) is 0 Å². The zero-order valence-corrected chi connectivity index (χ0v) is 13.7. The van der Waals surface area contributed by atoms with Gasteiger partial charge in [-0.3, -0.25) is 0 Å². The fourth-order valence-electron chi connectivity index (χ4n) is 2.06. The Morgan fingerprint density at radius 3 is 2.04 bits per heavy atom. The number of benzene rings is 1. The van der Waals surface area contributed by atoms with Crippen LogP contribution >= 0.6 is 0 Å². The van der Waals surface area contributed by atoms with E-state index >= 15 is 0 Å².